The fourth-order valence-electron chi connectivity index (χ4n) is 3.71. The van der Waals surface area contributed by atoms with Crippen LogP contribution in [0.1, 0.15) is 39.1 Å². The zero-order valence-corrected chi connectivity index (χ0v) is 15.3. The molecule has 1 saturated heterocycles. The van der Waals surface area contributed by atoms with Crippen molar-refractivity contribution in [2.45, 2.75) is 45.4 Å². The fourth-order valence-corrected chi connectivity index (χ4v) is 3.71. The van der Waals surface area contributed by atoms with E-state index < -0.39 is 0 Å². The third-order valence-electron chi connectivity index (χ3n) is 5.18. The van der Waals surface area contributed by atoms with Gasteiger partial charge in [0, 0.05) is 32.2 Å². The standard InChI is InChI=1S/C19H28N4O2/c1-4-15-12-22(9-10-23(15)11-13(2)24)14(3)18-20-17-8-6-5-7-16(17)19(25)21-18/h5-8,13-15,24H,4,9-12H2,1-3H3,(H,20,21,25)/t13-,14-,15-/m1/s1. The molecule has 1 aromatic heterocycles. The molecule has 1 fully saturated rings. The zero-order chi connectivity index (χ0) is 18.0. The molecule has 0 bridgehead atoms. The quantitative estimate of drug-likeness (QED) is 0.865. The van der Waals surface area contributed by atoms with E-state index in [9.17, 15) is 9.90 Å². The summed E-state index contributed by atoms with van der Waals surface area (Å²) < 4.78 is 0. The Labute approximate surface area is 148 Å². The van der Waals surface area contributed by atoms with Crippen LogP contribution in [0.15, 0.2) is 29.1 Å². The van der Waals surface area contributed by atoms with Crippen LogP contribution in [0.5, 0.6) is 0 Å². The maximum Gasteiger partial charge on any atom is 0.258 e. The van der Waals surface area contributed by atoms with E-state index in [2.05, 4.69) is 33.6 Å². The number of aliphatic hydroxyl groups is 1. The van der Waals surface area contributed by atoms with E-state index in [1.807, 2.05) is 25.1 Å². The van der Waals surface area contributed by atoms with E-state index in [4.69, 9.17) is 0 Å². The van der Waals surface area contributed by atoms with Gasteiger partial charge in [0.2, 0.25) is 0 Å². The van der Waals surface area contributed by atoms with Gasteiger partial charge >= 0.3 is 0 Å². The minimum absolute atomic E-state index is 0.0556. The number of hydrogen-bond donors (Lipinski definition) is 2. The van der Waals surface area contributed by atoms with E-state index in [1.54, 1.807) is 6.07 Å². The number of benzene rings is 1. The summed E-state index contributed by atoms with van der Waals surface area (Å²) in [7, 11) is 0. The van der Waals surface area contributed by atoms with Gasteiger partial charge in [-0.25, -0.2) is 4.98 Å². The average molecular weight is 344 g/mol. The van der Waals surface area contributed by atoms with Crippen LogP contribution in [-0.4, -0.2) is 63.2 Å². The molecule has 2 N–H and O–H groups in total. The summed E-state index contributed by atoms with van der Waals surface area (Å²) in [5.74, 6) is 0.725. The number of aromatic nitrogens is 2. The lowest BCUT2D eigenvalue weighted by atomic mass is 10.1. The van der Waals surface area contributed by atoms with Crippen LogP contribution in [0, 0.1) is 0 Å². The van der Waals surface area contributed by atoms with Crippen molar-refractivity contribution in [1.82, 2.24) is 19.8 Å². The predicted molar refractivity (Wildman–Crippen MR) is 99.7 cm³/mol. The zero-order valence-electron chi connectivity index (χ0n) is 15.3. The number of fused-ring (bicyclic) bond motifs is 1. The summed E-state index contributed by atoms with van der Waals surface area (Å²) in [6.45, 7) is 9.58. The Bertz CT molecular complexity index is 773. The molecule has 0 radical (unpaired) electrons. The fraction of sp³-hybridized carbons (Fsp3) is 0.579. The Kier molecular flexibility index (Phi) is 5.51. The number of aromatic amines is 1. The van der Waals surface area contributed by atoms with Crippen LogP contribution in [0.25, 0.3) is 10.9 Å². The number of aliphatic hydroxyl groups excluding tert-OH is 1. The summed E-state index contributed by atoms with van der Waals surface area (Å²) in [5, 5.41) is 10.3. The molecular formula is C19H28N4O2. The first-order chi connectivity index (χ1) is 12.0. The molecule has 2 heterocycles. The molecule has 6 nitrogen and oxygen atoms in total. The van der Waals surface area contributed by atoms with Gasteiger partial charge in [0.15, 0.2) is 0 Å². The number of β-amino-alcohol motifs (C(OH)–C–C–N with tert-alkyl or cyclic N) is 1. The minimum Gasteiger partial charge on any atom is -0.392 e. The van der Waals surface area contributed by atoms with Crippen molar-refractivity contribution >= 4 is 10.9 Å². The van der Waals surface area contributed by atoms with Crippen LogP contribution in [0.2, 0.25) is 0 Å². The SMILES string of the molecule is CC[C@@H]1CN([C@H](C)c2nc3ccccc3c(=O)[nH]2)CCN1C[C@@H](C)O. The summed E-state index contributed by atoms with van der Waals surface area (Å²) in [4.78, 5) is 24.7. The molecule has 1 aromatic carbocycles. The molecule has 25 heavy (non-hydrogen) atoms. The smallest absolute Gasteiger partial charge is 0.258 e. The van der Waals surface area contributed by atoms with Crippen molar-refractivity contribution in [3.8, 4) is 0 Å². The van der Waals surface area contributed by atoms with Crippen LogP contribution in [0.4, 0.5) is 0 Å². The van der Waals surface area contributed by atoms with Crippen LogP contribution in [0.3, 0.4) is 0 Å². The lowest BCUT2D eigenvalue weighted by Gasteiger charge is -2.43. The van der Waals surface area contributed by atoms with Gasteiger partial charge in [-0.3, -0.25) is 14.6 Å². The van der Waals surface area contributed by atoms with Crippen LogP contribution >= 0.6 is 0 Å². The van der Waals surface area contributed by atoms with Gasteiger partial charge < -0.3 is 10.1 Å². The Hall–Kier alpha value is -1.76. The Morgan fingerprint density at radius 1 is 1.32 bits per heavy atom. The monoisotopic (exact) mass is 344 g/mol. The molecule has 0 spiro atoms. The molecule has 1 aliphatic rings. The second-order valence-electron chi connectivity index (χ2n) is 7.05. The van der Waals surface area contributed by atoms with Gasteiger partial charge in [0.1, 0.15) is 5.82 Å². The molecule has 3 rings (SSSR count). The molecule has 0 unspecified atom stereocenters. The maximum absolute atomic E-state index is 12.3. The second kappa shape index (κ2) is 7.64. The Morgan fingerprint density at radius 2 is 2.08 bits per heavy atom. The van der Waals surface area contributed by atoms with Gasteiger partial charge in [-0.1, -0.05) is 19.1 Å². The lowest BCUT2D eigenvalue weighted by Crippen LogP contribution is -2.55. The summed E-state index contributed by atoms with van der Waals surface area (Å²) >= 11 is 0. The second-order valence-corrected chi connectivity index (χ2v) is 7.05. The van der Waals surface area contributed by atoms with Crippen molar-refractivity contribution in [1.29, 1.82) is 0 Å². The third-order valence-corrected chi connectivity index (χ3v) is 5.18. The van der Waals surface area contributed by atoms with Crippen molar-refractivity contribution in [2.24, 2.45) is 0 Å². The lowest BCUT2D eigenvalue weighted by molar-refractivity contribution is 0.0209. The van der Waals surface area contributed by atoms with Gasteiger partial charge in [-0.2, -0.15) is 0 Å². The molecule has 0 amide bonds. The Morgan fingerprint density at radius 3 is 2.80 bits per heavy atom. The maximum atomic E-state index is 12.3. The Balaban J connectivity index is 1.79. The molecule has 6 heteroatoms. The summed E-state index contributed by atoms with van der Waals surface area (Å²) in [6, 6.07) is 7.92. The van der Waals surface area contributed by atoms with E-state index in [1.165, 1.54) is 0 Å². The normalized spacial score (nSPS) is 22.2. The highest BCUT2D eigenvalue weighted by atomic mass is 16.3. The molecular weight excluding hydrogens is 316 g/mol. The van der Waals surface area contributed by atoms with Gasteiger partial charge in [0.05, 0.1) is 23.0 Å². The van der Waals surface area contributed by atoms with Gasteiger partial charge in [-0.15, -0.1) is 0 Å². The average Bonchev–Trinajstić information content (AvgIpc) is 2.61. The first-order valence-corrected chi connectivity index (χ1v) is 9.14. The van der Waals surface area contributed by atoms with E-state index in [0.29, 0.717) is 18.0 Å². The number of piperazine rings is 1. The predicted octanol–water partition coefficient (Wildman–Crippen LogP) is 1.76. The first-order valence-electron chi connectivity index (χ1n) is 9.14. The number of rotatable bonds is 5. The largest absolute Gasteiger partial charge is 0.392 e. The van der Waals surface area contributed by atoms with Gasteiger partial charge in [0.25, 0.3) is 5.56 Å². The first kappa shape index (κ1) is 18.0. The highest BCUT2D eigenvalue weighted by Crippen LogP contribution is 2.23. The summed E-state index contributed by atoms with van der Waals surface area (Å²) in [5.41, 5.74) is 0.667. The molecule has 2 aromatic rings. The van der Waals surface area contributed by atoms with Crippen LogP contribution in [-0.2, 0) is 0 Å². The number of hydrogen-bond acceptors (Lipinski definition) is 5. The highest BCUT2D eigenvalue weighted by Gasteiger charge is 2.30. The minimum atomic E-state index is -0.309. The molecule has 3 atom stereocenters. The topological polar surface area (TPSA) is 72.5 Å². The number of nitrogens with one attached hydrogen (secondary N) is 1. The number of para-hydroxylation sites is 1. The molecule has 0 aliphatic carbocycles. The van der Waals surface area contributed by atoms with E-state index in [0.717, 1.165) is 37.4 Å². The van der Waals surface area contributed by atoms with Crippen LogP contribution < -0.4 is 5.56 Å². The third kappa shape index (κ3) is 3.92. The molecule has 0 saturated carbocycles. The van der Waals surface area contributed by atoms with Crippen molar-refractivity contribution in [2.75, 3.05) is 26.2 Å². The van der Waals surface area contributed by atoms with Crippen molar-refractivity contribution in [3.63, 3.8) is 0 Å². The number of nitrogens with zero attached hydrogens (tertiary/aromatic N) is 3. The van der Waals surface area contributed by atoms with Gasteiger partial charge in [-0.05, 0) is 32.4 Å². The van der Waals surface area contributed by atoms with E-state index in [-0.39, 0.29) is 17.7 Å². The molecule has 1 aliphatic heterocycles. The number of H-pyrrole nitrogens is 1. The van der Waals surface area contributed by atoms with E-state index >= 15 is 0 Å². The van der Waals surface area contributed by atoms with Crippen molar-refractivity contribution in [3.05, 3.63) is 40.4 Å². The molecule has 136 valence electrons. The highest BCUT2D eigenvalue weighted by molar-refractivity contribution is 5.77. The van der Waals surface area contributed by atoms with Crippen molar-refractivity contribution < 1.29 is 5.11 Å². The summed E-state index contributed by atoms with van der Waals surface area (Å²) in [6.07, 6.45) is 0.731.